The number of nitrogens with one attached hydrogen (secondary N) is 2. The number of carbonyl (C=O) groups is 1. The van der Waals surface area contributed by atoms with Gasteiger partial charge in [0.15, 0.2) is 0 Å². The molecule has 0 fully saturated rings. The van der Waals surface area contributed by atoms with Gasteiger partial charge in [0.1, 0.15) is 0 Å². The van der Waals surface area contributed by atoms with E-state index in [1.807, 2.05) is 19.1 Å². The Balaban J connectivity index is 2.11. The van der Waals surface area contributed by atoms with Crippen molar-refractivity contribution >= 4 is 40.5 Å². The molecule has 5 heteroatoms. The van der Waals surface area contributed by atoms with E-state index in [4.69, 9.17) is 23.2 Å². The molecule has 3 nitrogen and oxygen atoms in total. The monoisotopic (exact) mass is 308 g/mol. The van der Waals surface area contributed by atoms with Crippen LogP contribution in [0.2, 0.25) is 10.0 Å². The van der Waals surface area contributed by atoms with Gasteiger partial charge in [0.2, 0.25) is 0 Å². The summed E-state index contributed by atoms with van der Waals surface area (Å²) in [5.74, 6) is -0.211. The Morgan fingerprint density at radius 2 is 1.80 bits per heavy atom. The molecule has 0 aliphatic rings. The standard InChI is InChI=1S/C15H14Cl2N2O/c1-2-18-12-6-3-10(4-7-12)15(20)19-14-8-5-11(16)9-13(14)17/h3-9,18H,2H2,1H3,(H,19,20). The first-order valence-electron chi connectivity index (χ1n) is 6.20. The van der Waals surface area contributed by atoms with Crippen molar-refractivity contribution in [1.29, 1.82) is 0 Å². The number of halogens is 2. The quantitative estimate of drug-likeness (QED) is 0.861. The summed E-state index contributed by atoms with van der Waals surface area (Å²) in [6.07, 6.45) is 0. The van der Waals surface area contributed by atoms with Gasteiger partial charge in [0, 0.05) is 22.8 Å². The van der Waals surface area contributed by atoms with Crippen molar-refractivity contribution in [1.82, 2.24) is 0 Å². The highest BCUT2D eigenvalue weighted by Gasteiger charge is 2.08. The second-order valence-electron chi connectivity index (χ2n) is 4.19. The normalized spacial score (nSPS) is 10.2. The Kier molecular flexibility index (Phi) is 4.88. The van der Waals surface area contributed by atoms with E-state index in [1.54, 1.807) is 30.3 Å². The van der Waals surface area contributed by atoms with Gasteiger partial charge in [-0.05, 0) is 49.4 Å². The van der Waals surface area contributed by atoms with E-state index in [0.717, 1.165) is 12.2 Å². The molecule has 0 unspecified atom stereocenters. The van der Waals surface area contributed by atoms with Gasteiger partial charge in [-0.15, -0.1) is 0 Å². The van der Waals surface area contributed by atoms with E-state index in [1.165, 1.54) is 0 Å². The van der Waals surface area contributed by atoms with Crippen molar-refractivity contribution in [2.24, 2.45) is 0 Å². The molecule has 0 spiro atoms. The van der Waals surface area contributed by atoms with E-state index in [2.05, 4.69) is 10.6 Å². The lowest BCUT2D eigenvalue weighted by Gasteiger charge is -2.08. The number of hydrogen-bond donors (Lipinski definition) is 2. The topological polar surface area (TPSA) is 41.1 Å². The minimum Gasteiger partial charge on any atom is -0.385 e. The van der Waals surface area contributed by atoms with Crippen LogP contribution in [0, 0.1) is 0 Å². The second kappa shape index (κ2) is 6.64. The molecule has 104 valence electrons. The van der Waals surface area contributed by atoms with Crippen molar-refractivity contribution in [3.63, 3.8) is 0 Å². The predicted octanol–water partition coefficient (Wildman–Crippen LogP) is 4.68. The van der Waals surface area contributed by atoms with Gasteiger partial charge in [-0.1, -0.05) is 23.2 Å². The molecule has 0 bridgehead atoms. The smallest absolute Gasteiger partial charge is 0.255 e. The van der Waals surface area contributed by atoms with Gasteiger partial charge >= 0.3 is 0 Å². The number of rotatable bonds is 4. The van der Waals surface area contributed by atoms with Crippen LogP contribution in [0.4, 0.5) is 11.4 Å². The number of benzene rings is 2. The Bertz CT molecular complexity index is 612. The molecule has 2 rings (SSSR count). The van der Waals surface area contributed by atoms with Crippen LogP contribution >= 0.6 is 23.2 Å². The molecule has 0 aliphatic heterocycles. The van der Waals surface area contributed by atoms with Gasteiger partial charge in [-0.2, -0.15) is 0 Å². The fraction of sp³-hybridized carbons (Fsp3) is 0.133. The van der Waals surface area contributed by atoms with Crippen molar-refractivity contribution in [3.05, 3.63) is 58.1 Å². The van der Waals surface area contributed by atoms with Crippen LogP contribution in [0.1, 0.15) is 17.3 Å². The van der Waals surface area contributed by atoms with Crippen molar-refractivity contribution in [2.75, 3.05) is 17.2 Å². The van der Waals surface area contributed by atoms with Gasteiger partial charge in [-0.3, -0.25) is 4.79 Å². The first-order chi connectivity index (χ1) is 9.60. The maximum Gasteiger partial charge on any atom is 0.255 e. The fourth-order valence-corrected chi connectivity index (χ4v) is 2.18. The average molecular weight is 309 g/mol. The molecule has 0 aromatic heterocycles. The fourth-order valence-electron chi connectivity index (χ4n) is 1.73. The average Bonchev–Trinajstić information content (AvgIpc) is 2.43. The van der Waals surface area contributed by atoms with Crippen LogP contribution in [-0.4, -0.2) is 12.5 Å². The third-order valence-electron chi connectivity index (χ3n) is 2.71. The molecule has 0 atom stereocenters. The van der Waals surface area contributed by atoms with Gasteiger partial charge < -0.3 is 10.6 Å². The molecule has 2 aromatic rings. The summed E-state index contributed by atoms with van der Waals surface area (Å²) >= 11 is 11.8. The summed E-state index contributed by atoms with van der Waals surface area (Å²) in [7, 11) is 0. The Morgan fingerprint density at radius 3 is 2.40 bits per heavy atom. The number of anilines is 2. The molecule has 0 radical (unpaired) electrons. The highest BCUT2D eigenvalue weighted by molar-refractivity contribution is 6.36. The van der Waals surface area contributed by atoms with E-state index < -0.39 is 0 Å². The Morgan fingerprint density at radius 1 is 1.10 bits per heavy atom. The van der Waals surface area contributed by atoms with Crippen LogP contribution in [0.25, 0.3) is 0 Å². The van der Waals surface area contributed by atoms with Crippen molar-refractivity contribution in [3.8, 4) is 0 Å². The maximum absolute atomic E-state index is 12.1. The van der Waals surface area contributed by atoms with Crippen LogP contribution in [0.15, 0.2) is 42.5 Å². The van der Waals surface area contributed by atoms with Crippen LogP contribution in [-0.2, 0) is 0 Å². The zero-order valence-electron chi connectivity index (χ0n) is 10.9. The summed E-state index contributed by atoms with van der Waals surface area (Å²) in [6, 6.07) is 12.2. The summed E-state index contributed by atoms with van der Waals surface area (Å²) in [5, 5.41) is 6.87. The molecule has 1 amide bonds. The zero-order chi connectivity index (χ0) is 14.5. The van der Waals surface area contributed by atoms with E-state index in [9.17, 15) is 4.79 Å². The molecular formula is C15H14Cl2N2O. The molecule has 0 aliphatic carbocycles. The van der Waals surface area contributed by atoms with Crippen LogP contribution in [0.5, 0.6) is 0 Å². The lowest BCUT2D eigenvalue weighted by molar-refractivity contribution is 0.102. The van der Waals surface area contributed by atoms with Crippen molar-refractivity contribution in [2.45, 2.75) is 6.92 Å². The van der Waals surface area contributed by atoms with E-state index in [-0.39, 0.29) is 5.91 Å². The van der Waals surface area contributed by atoms with E-state index >= 15 is 0 Å². The summed E-state index contributed by atoms with van der Waals surface area (Å²) in [6.45, 7) is 2.86. The van der Waals surface area contributed by atoms with Gasteiger partial charge in [0.25, 0.3) is 5.91 Å². The van der Waals surface area contributed by atoms with Gasteiger partial charge in [0.05, 0.1) is 10.7 Å². The van der Waals surface area contributed by atoms with Crippen LogP contribution < -0.4 is 10.6 Å². The second-order valence-corrected chi connectivity index (χ2v) is 5.03. The number of amides is 1. The molecule has 0 saturated heterocycles. The molecule has 2 N–H and O–H groups in total. The third kappa shape index (κ3) is 3.65. The molecule has 2 aromatic carbocycles. The third-order valence-corrected chi connectivity index (χ3v) is 3.26. The highest BCUT2D eigenvalue weighted by atomic mass is 35.5. The van der Waals surface area contributed by atoms with Crippen molar-refractivity contribution < 1.29 is 4.79 Å². The molecule has 0 heterocycles. The van der Waals surface area contributed by atoms with E-state index in [0.29, 0.717) is 21.3 Å². The van der Waals surface area contributed by atoms with Gasteiger partial charge in [-0.25, -0.2) is 0 Å². The summed E-state index contributed by atoms with van der Waals surface area (Å²) in [5.41, 5.74) is 2.09. The Labute approximate surface area is 127 Å². The largest absolute Gasteiger partial charge is 0.385 e. The summed E-state index contributed by atoms with van der Waals surface area (Å²) < 4.78 is 0. The highest BCUT2D eigenvalue weighted by Crippen LogP contribution is 2.25. The SMILES string of the molecule is CCNc1ccc(C(=O)Nc2ccc(Cl)cc2Cl)cc1. The first kappa shape index (κ1) is 14.7. The lowest BCUT2D eigenvalue weighted by Crippen LogP contribution is -2.12. The minimum absolute atomic E-state index is 0.211. The molecule has 0 saturated carbocycles. The Hall–Kier alpha value is -1.71. The number of carbonyl (C=O) groups excluding carboxylic acids is 1. The summed E-state index contributed by atoms with van der Waals surface area (Å²) in [4.78, 5) is 12.1. The minimum atomic E-state index is -0.211. The number of hydrogen-bond acceptors (Lipinski definition) is 2. The zero-order valence-corrected chi connectivity index (χ0v) is 12.4. The molecule has 20 heavy (non-hydrogen) atoms. The predicted molar refractivity (Wildman–Crippen MR) is 85.0 cm³/mol. The lowest BCUT2D eigenvalue weighted by atomic mass is 10.2. The van der Waals surface area contributed by atoms with Crippen LogP contribution in [0.3, 0.4) is 0 Å². The molecular weight excluding hydrogens is 295 g/mol. The first-order valence-corrected chi connectivity index (χ1v) is 6.96. The maximum atomic E-state index is 12.1.